The lowest BCUT2D eigenvalue weighted by atomic mass is 10.0. The maximum Gasteiger partial charge on any atom is 0.573 e. The first-order valence-corrected chi connectivity index (χ1v) is 9.35. The summed E-state index contributed by atoms with van der Waals surface area (Å²) < 4.78 is 47.2. The Morgan fingerprint density at radius 3 is 2.39 bits per heavy atom. The van der Waals surface area contributed by atoms with E-state index in [1.54, 1.807) is 30.3 Å². The first-order valence-electron chi connectivity index (χ1n) is 9.35. The van der Waals surface area contributed by atoms with Crippen molar-refractivity contribution in [1.82, 2.24) is 0 Å². The van der Waals surface area contributed by atoms with Crippen molar-refractivity contribution >= 4 is 12.0 Å². The molecular formula is C24H19F3O4. The van der Waals surface area contributed by atoms with Crippen LogP contribution in [0.3, 0.4) is 0 Å². The van der Waals surface area contributed by atoms with Gasteiger partial charge in [-0.05, 0) is 41.0 Å². The van der Waals surface area contributed by atoms with Crippen molar-refractivity contribution in [3.63, 3.8) is 0 Å². The van der Waals surface area contributed by atoms with Gasteiger partial charge in [-0.15, -0.1) is 13.2 Å². The highest BCUT2D eigenvalue weighted by Gasteiger charge is 2.31. The second-order valence-electron chi connectivity index (χ2n) is 6.60. The molecule has 0 saturated carbocycles. The van der Waals surface area contributed by atoms with Crippen molar-refractivity contribution in [3.8, 4) is 22.6 Å². The number of hydrogen-bond donors (Lipinski definition) is 1. The van der Waals surface area contributed by atoms with Crippen LogP contribution in [0.5, 0.6) is 11.5 Å². The predicted octanol–water partition coefficient (Wildman–Crippen LogP) is 5.97. The van der Waals surface area contributed by atoms with Crippen molar-refractivity contribution in [2.45, 2.75) is 12.8 Å². The lowest BCUT2D eigenvalue weighted by molar-refractivity contribution is -0.274. The van der Waals surface area contributed by atoms with Crippen LogP contribution in [0.4, 0.5) is 13.2 Å². The number of para-hydroxylation sites is 1. The minimum absolute atomic E-state index is 0.0612. The van der Waals surface area contributed by atoms with Crippen LogP contribution in [0.15, 0.2) is 78.9 Å². The van der Waals surface area contributed by atoms with Crippen LogP contribution in [0.25, 0.3) is 17.2 Å². The second-order valence-corrected chi connectivity index (χ2v) is 6.60. The molecule has 1 N–H and O–H groups in total. The lowest BCUT2D eigenvalue weighted by Crippen LogP contribution is -2.17. The highest BCUT2D eigenvalue weighted by molar-refractivity contribution is 5.72. The molecule has 0 aliphatic carbocycles. The molecule has 0 fully saturated rings. The molecule has 0 aromatic heterocycles. The Morgan fingerprint density at radius 2 is 1.65 bits per heavy atom. The zero-order valence-corrected chi connectivity index (χ0v) is 16.3. The van der Waals surface area contributed by atoms with E-state index in [0.717, 1.165) is 11.1 Å². The summed E-state index contributed by atoms with van der Waals surface area (Å²) in [6, 6.07) is 20.3. The van der Waals surface area contributed by atoms with Crippen molar-refractivity contribution in [3.05, 3.63) is 90.0 Å². The summed E-state index contributed by atoms with van der Waals surface area (Å²) in [7, 11) is 0. The Bertz CT molecular complexity index is 1070. The molecule has 0 atom stereocenters. The zero-order chi connectivity index (χ0) is 22.3. The summed E-state index contributed by atoms with van der Waals surface area (Å²) in [6.07, 6.45) is -1.73. The number of carboxylic acid groups (broad SMARTS) is 1. The summed E-state index contributed by atoms with van der Waals surface area (Å²) in [5.74, 6) is -0.608. The number of rotatable bonds is 8. The summed E-state index contributed by atoms with van der Waals surface area (Å²) >= 11 is 0. The van der Waals surface area contributed by atoms with Crippen molar-refractivity contribution in [1.29, 1.82) is 0 Å². The number of ether oxygens (including phenoxy) is 2. The van der Waals surface area contributed by atoms with Gasteiger partial charge in [0.2, 0.25) is 0 Å². The number of carbonyl (C=O) groups is 1. The van der Waals surface area contributed by atoms with Crippen LogP contribution < -0.4 is 9.47 Å². The molecule has 0 saturated heterocycles. The standard InChI is InChI=1S/C24H19F3O4/c25-24(26,27)31-22-12-2-1-7-18(22)10-5-13-30-21-11-4-9-20(16-21)19-8-3-6-17(14-19)15-23(28)29/h1-12,14,16H,13,15H2,(H,28,29)/b10-5+. The van der Waals surface area contributed by atoms with Crippen LogP contribution in [0, 0.1) is 0 Å². The van der Waals surface area contributed by atoms with Crippen molar-refractivity contribution < 1.29 is 32.5 Å². The lowest BCUT2D eigenvalue weighted by Gasteiger charge is -2.11. The first-order chi connectivity index (χ1) is 14.8. The van der Waals surface area contributed by atoms with Crippen LogP contribution in [-0.4, -0.2) is 24.0 Å². The number of halogens is 3. The Hall–Kier alpha value is -3.74. The normalized spacial score (nSPS) is 11.5. The Balaban J connectivity index is 1.66. The van der Waals surface area contributed by atoms with E-state index in [4.69, 9.17) is 9.84 Å². The fraction of sp³-hybridized carbons (Fsp3) is 0.125. The van der Waals surface area contributed by atoms with E-state index in [1.165, 1.54) is 24.3 Å². The molecule has 0 unspecified atom stereocenters. The van der Waals surface area contributed by atoms with Crippen LogP contribution >= 0.6 is 0 Å². The molecule has 160 valence electrons. The third kappa shape index (κ3) is 6.92. The minimum atomic E-state index is -4.76. The van der Waals surface area contributed by atoms with Gasteiger partial charge in [-0.25, -0.2) is 0 Å². The largest absolute Gasteiger partial charge is 0.573 e. The predicted molar refractivity (Wildman–Crippen MR) is 111 cm³/mol. The van der Waals surface area contributed by atoms with Gasteiger partial charge in [0, 0.05) is 5.56 Å². The second kappa shape index (κ2) is 9.84. The molecule has 3 aromatic carbocycles. The molecule has 0 spiro atoms. The van der Waals surface area contributed by atoms with E-state index in [9.17, 15) is 18.0 Å². The highest BCUT2D eigenvalue weighted by Crippen LogP contribution is 2.27. The zero-order valence-electron chi connectivity index (χ0n) is 16.3. The van der Waals surface area contributed by atoms with Crippen LogP contribution in [-0.2, 0) is 11.2 Å². The number of carboxylic acids is 1. The van der Waals surface area contributed by atoms with Gasteiger partial charge in [-0.1, -0.05) is 60.7 Å². The van der Waals surface area contributed by atoms with Gasteiger partial charge in [0.1, 0.15) is 18.1 Å². The van der Waals surface area contributed by atoms with E-state index in [2.05, 4.69) is 4.74 Å². The molecule has 3 aromatic rings. The third-order valence-corrected chi connectivity index (χ3v) is 4.24. The monoisotopic (exact) mass is 428 g/mol. The Labute approximate surface area is 177 Å². The minimum Gasteiger partial charge on any atom is -0.490 e. The van der Waals surface area contributed by atoms with Gasteiger partial charge in [0.15, 0.2) is 0 Å². The molecule has 4 nitrogen and oxygen atoms in total. The highest BCUT2D eigenvalue weighted by atomic mass is 19.4. The molecule has 7 heteroatoms. The average molecular weight is 428 g/mol. The Kier molecular flexibility index (Phi) is 6.97. The average Bonchev–Trinajstić information content (AvgIpc) is 2.71. The molecular weight excluding hydrogens is 409 g/mol. The van der Waals surface area contributed by atoms with Gasteiger partial charge in [0.05, 0.1) is 6.42 Å². The van der Waals surface area contributed by atoms with Gasteiger partial charge in [0.25, 0.3) is 0 Å². The summed E-state index contributed by atoms with van der Waals surface area (Å²) in [6.45, 7) is 0.142. The number of benzene rings is 3. The van der Waals surface area contributed by atoms with E-state index in [1.807, 2.05) is 30.3 Å². The molecule has 0 aliphatic rings. The number of aliphatic carboxylic acids is 1. The van der Waals surface area contributed by atoms with Gasteiger partial charge < -0.3 is 14.6 Å². The van der Waals surface area contributed by atoms with Gasteiger partial charge in [-0.3, -0.25) is 4.79 Å². The van der Waals surface area contributed by atoms with Gasteiger partial charge >= 0.3 is 12.3 Å². The van der Waals surface area contributed by atoms with Crippen LogP contribution in [0.1, 0.15) is 11.1 Å². The first kappa shape index (κ1) is 22.0. The van der Waals surface area contributed by atoms with E-state index >= 15 is 0 Å². The van der Waals surface area contributed by atoms with E-state index in [-0.39, 0.29) is 24.3 Å². The Morgan fingerprint density at radius 1 is 0.935 bits per heavy atom. The fourth-order valence-corrected chi connectivity index (χ4v) is 2.96. The maximum absolute atomic E-state index is 12.5. The fourth-order valence-electron chi connectivity index (χ4n) is 2.96. The molecule has 0 heterocycles. The number of hydrogen-bond acceptors (Lipinski definition) is 3. The maximum atomic E-state index is 12.5. The van der Waals surface area contributed by atoms with Crippen molar-refractivity contribution in [2.75, 3.05) is 6.61 Å². The molecule has 0 amide bonds. The van der Waals surface area contributed by atoms with Crippen LogP contribution in [0.2, 0.25) is 0 Å². The topological polar surface area (TPSA) is 55.8 Å². The van der Waals surface area contributed by atoms with Crippen molar-refractivity contribution in [2.24, 2.45) is 0 Å². The molecule has 0 aliphatic heterocycles. The summed E-state index contributed by atoms with van der Waals surface area (Å²) in [4.78, 5) is 10.9. The summed E-state index contributed by atoms with van der Waals surface area (Å²) in [5, 5.41) is 8.96. The molecule has 3 rings (SSSR count). The van der Waals surface area contributed by atoms with Gasteiger partial charge in [-0.2, -0.15) is 0 Å². The van der Waals surface area contributed by atoms with E-state index in [0.29, 0.717) is 11.3 Å². The van der Waals surface area contributed by atoms with E-state index < -0.39 is 12.3 Å². The molecule has 0 bridgehead atoms. The number of alkyl halides is 3. The summed E-state index contributed by atoms with van der Waals surface area (Å²) in [5.41, 5.74) is 2.70. The smallest absolute Gasteiger partial charge is 0.490 e. The quantitative estimate of drug-likeness (QED) is 0.480. The third-order valence-electron chi connectivity index (χ3n) is 4.24. The SMILES string of the molecule is O=C(O)Cc1cccc(-c2cccc(OC/C=C/c3ccccc3OC(F)(F)F)c2)c1. The molecule has 0 radical (unpaired) electrons. The molecule has 31 heavy (non-hydrogen) atoms.